The molecule has 0 aliphatic carbocycles. The van der Waals surface area contributed by atoms with Crippen molar-refractivity contribution in [2.24, 2.45) is 0 Å². The largest absolute Gasteiger partial charge is 0.369 e. The van der Waals surface area contributed by atoms with E-state index >= 15 is 0 Å². The average molecular weight is 595 g/mol. The highest BCUT2D eigenvalue weighted by atomic mass is 79.9. The van der Waals surface area contributed by atoms with Crippen LogP contribution in [0.2, 0.25) is 0 Å². The third-order valence-electron chi connectivity index (χ3n) is 8.42. The number of rotatable bonds is 8. The molecule has 5 heteroatoms. The molecule has 4 aromatic rings. The summed E-state index contributed by atoms with van der Waals surface area (Å²) in [6, 6.07) is 36.6. The molecule has 0 bridgehead atoms. The molecule has 1 saturated heterocycles. The predicted molar refractivity (Wildman–Crippen MR) is 167 cm³/mol. The molecule has 0 spiro atoms. The number of hydrogen-bond acceptors (Lipinski definition) is 3. The van der Waals surface area contributed by atoms with Crippen LogP contribution < -0.4 is 4.90 Å². The number of piperazine rings is 1. The Hall–Kier alpha value is -3.41. The Bertz CT molecular complexity index is 1380. The molecule has 1 amide bonds. The van der Waals surface area contributed by atoms with Crippen LogP contribution in [0.1, 0.15) is 45.0 Å². The summed E-state index contributed by atoms with van der Waals surface area (Å²) in [6.45, 7) is 6.55. The lowest BCUT2D eigenvalue weighted by molar-refractivity contribution is 0.0727. The van der Waals surface area contributed by atoms with Crippen molar-refractivity contribution in [2.75, 3.05) is 44.2 Å². The average Bonchev–Trinajstić information content (AvgIpc) is 3.01. The van der Waals surface area contributed by atoms with Crippen molar-refractivity contribution in [3.63, 3.8) is 0 Å². The molecule has 0 aromatic heterocycles. The molecular weight excluding hydrogens is 558 g/mol. The number of carbonyl (C=O) groups excluding carboxylic acids is 1. The van der Waals surface area contributed by atoms with E-state index in [1.165, 1.54) is 22.4 Å². The molecule has 204 valence electrons. The Balaban J connectivity index is 1.07. The van der Waals surface area contributed by atoms with Gasteiger partial charge in [-0.1, -0.05) is 94.8 Å². The number of anilines is 1. The molecule has 2 aliphatic heterocycles. The number of hydrogen-bond donors (Lipinski definition) is 0. The summed E-state index contributed by atoms with van der Waals surface area (Å²) in [5, 5.41) is 0. The third kappa shape index (κ3) is 6.16. The van der Waals surface area contributed by atoms with Crippen LogP contribution in [0.3, 0.4) is 0 Å². The number of nitrogens with zero attached hydrogens (tertiary/aromatic N) is 3. The fraction of sp³-hybridized carbons (Fsp3) is 0.286. The summed E-state index contributed by atoms with van der Waals surface area (Å²) in [5.41, 5.74) is 7.15. The van der Waals surface area contributed by atoms with Crippen LogP contribution in [-0.2, 0) is 13.0 Å². The Morgan fingerprint density at radius 2 is 1.38 bits per heavy atom. The van der Waals surface area contributed by atoms with Crippen molar-refractivity contribution in [3.05, 3.63) is 135 Å². The molecule has 6 rings (SSSR count). The van der Waals surface area contributed by atoms with E-state index in [1.54, 1.807) is 0 Å². The molecule has 2 heterocycles. The SMILES string of the molecule is O=C1c2cc(N3CCN(CCC(c4ccccc4)c4ccccc4)CC3)ccc2CCN1Cc1ccc(Br)cc1. The number of amides is 1. The lowest BCUT2D eigenvalue weighted by atomic mass is 9.88. The van der Waals surface area contributed by atoms with Crippen LogP contribution in [-0.4, -0.2) is 55.0 Å². The smallest absolute Gasteiger partial charge is 0.254 e. The van der Waals surface area contributed by atoms with E-state index in [0.717, 1.165) is 67.7 Å². The van der Waals surface area contributed by atoms with Gasteiger partial charge in [0.15, 0.2) is 0 Å². The summed E-state index contributed by atoms with van der Waals surface area (Å²) >= 11 is 3.50. The topological polar surface area (TPSA) is 26.8 Å². The third-order valence-corrected chi connectivity index (χ3v) is 8.95. The predicted octanol–water partition coefficient (Wildman–Crippen LogP) is 6.99. The van der Waals surface area contributed by atoms with Crippen molar-refractivity contribution in [2.45, 2.75) is 25.3 Å². The van der Waals surface area contributed by atoms with Crippen molar-refractivity contribution in [1.82, 2.24) is 9.80 Å². The van der Waals surface area contributed by atoms with Crippen LogP contribution in [0.25, 0.3) is 0 Å². The van der Waals surface area contributed by atoms with Crippen molar-refractivity contribution in [1.29, 1.82) is 0 Å². The summed E-state index contributed by atoms with van der Waals surface area (Å²) in [4.78, 5) is 20.5. The van der Waals surface area contributed by atoms with Gasteiger partial charge < -0.3 is 9.80 Å². The summed E-state index contributed by atoms with van der Waals surface area (Å²) < 4.78 is 1.06. The maximum Gasteiger partial charge on any atom is 0.254 e. The highest BCUT2D eigenvalue weighted by molar-refractivity contribution is 9.10. The molecule has 4 nitrogen and oxygen atoms in total. The zero-order valence-electron chi connectivity index (χ0n) is 22.9. The monoisotopic (exact) mass is 593 g/mol. The zero-order valence-corrected chi connectivity index (χ0v) is 24.5. The lowest BCUT2D eigenvalue weighted by Gasteiger charge is -2.37. The van der Waals surface area contributed by atoms with Gasteiger partial charge in [0.25, 0.3) is 5.91 Å². The van der Waals surface area contributed by atoms with Gasteiger partial charge in [-0.3, -0.25) is 9.69 Å². The second-order valence-corrected chi connectivity index (χ2v) is 11.9. The zero-order chi connectivity index (χ0) is 27.3. The fourth-order valence-corrected chi connectivity index (χ4v) is 6.37. The highest BCUT2D eigenvalue weighted by Crippen LogP contribution is 2.30. The standard InChI is InChI=1S/C35H36BrN3O/c36-31-14-11-27(12-15-31)26-39-20-17-30-13-16-32(25-34(30)35(39)40)38-23-21-37(22-24-38)19-18-33(28-7-3-1-4-8-28)29-9-5-2-6-10-29/h1-16,25,33H,17-24,26H2. The van der Waals surface area contributed by atoms with Gasteiger partial charge in [-0.15, -0.1) is 0 Å². The minimum atomic E-state index is 0.150. The van der Waals surface area contributed by atoms with Gasteiger partial charge >= 0.3 is 0 Å². The maximum atomic E-state index is 13.4. The van der Waals surface area contributed by atoms with Crippen LogP contribution in [0, 0.1) is 0 Å². The highest BCUT2D eigenvalue weighted by Gasteiger charge is 2.26. The van der Waals surface area contributed by atoms with E-state index in [-0.39, 0.29) is 5.91 Å². The molecule has 40 heavy (non-hydrogen) atoms. The van der Waals surface area contributed by atoms with E-state index in [0.29, 0.717) is 12.5 Å². The van der Waals surface area contributed by atoms with Gasteiger partial charge in [-0.2, -0.15) is 0 Å². The molecule has 0 N–H and O–H groups in total. The van der Waals surface area contributed by atoms with Crippen molar-refractivity contribution >= 4 is 27.5 Å². The first kappa shape index (κ1) is 26.8. The molecular formula is C35H36BrN3O. The molecule has 0 unspecified atom stereocenters. The Morgan fingerprint density at radius 1 is 0.725 bits per heavy atom. The van der Waals surface area contributed by atoms with E-state index < -0.39 is 0 Å². The Labute approximate surface area is 246 Å². The quantitative estimate of drug-likeness (QED) is 0.220. The molecule has 1 fully saturated rings. The van der Waals surface area contributed by atoms with E-state index in [2.05, 4.69) is 117 Å². The summed E-state index contributed by atoms with van der Waals surface area (Å²) in [7, 11) is 0. The lowest BCUT2D eigenvalue weighted by Crippen LogP contribution is -2.47. The number of halogens is 1. The number of benzene rings is 4. The first-order valence-electron chi connectivity index (χ1n) is 14.4. The minimum Gasteiger partial charge on any atom is -0.369 e. The van der Waals surface area contributed by atoms with Crippen LogP contribution in [0.4, 0.5) is 5.69 Å². The Kier molecular flexibility index (Phi) is 8.31. The Morgan fingerprint density at radius 3 is 2.02 bits per heavy atom. The van der Waals surface area contributed by atoms with Gasteiger partial charge in [0.05, 0.1) is 0 Å². The molecule has 2 aliphatic rings. The van der Waals surface area contributed by atoms with E-state index in [4.69, 9.17) is 0 Å². The van der Waals surface area contributed by atoms with Crippen molar-refractivity contribution in [3.8, 4) is 0 Å². The number of fused-ring (bicyclic) bond motifs is 1. The molecule has 0 radical (unpaired) electrons. The first-order valence-corrected chi connectivity index (χ1v) is 15.2. The van der Waals surface area contributed by atoms with Crippen LogP contribution >= 0.6 is 15.9 Å². The fourth-order valence-electron chi connectivity index (χ4n) is 6.10. The molecule has 4 aromatic carbocycles. The van der Waals surface area contributed by atoms with E-state index in [9.17, 15) is 4.79 Å². The van der Waals surface area contributed by atoms with Crippen LogP contribution in [0.5, 0.6) is 0 Å². The minimum absolute atomic E-state index is 0.150. The second-order valence-electron chi connectivity index (χ2n) is 10.9. The second kappa shape index (κ2) is 12.4. The van der Waals surface area contributed by atoms with Gasteiger partial charge in [-0.05, 0) is 65.9 Å². The molecule has 0 atom stereocenters. The van der Waals surface area contributed by atoms with E-state index in [1.807, 2.05) is 17.0 Å². The van der Waals surface area contributed by atoms with Crippen molar-refractivity contribution < 1.29 is 4.79 Å². The number of carbonyl (C=O) groups is 1. The summed E-state index contributed by atoms with van der Waals surface area (Å²) in [6.07, 6.45) is 2.02. The first-order chi connectivity index (χ1) is 19.6. The normalized spacial score (nSPS) is 15.9. The summed E-state index contributed by atoms with van der Waals surface area (Å²) in [5.74, 6) is 0.560. The molecule has 0 saturated carbocycles. The maximum absolute atomic E-state index is 13.4. The van der Waals surface area contributed by atoms with Gasteiger partial charge in [0, 0.05) is 60.9 Å². The van der Waals surface area contributed by atoms with Gasteiger partial charge in [0.2, 0.25) is 0 Å². The van der Waals surface area contributed by atoms with Crippen LogP contribution in [0.15, 0.2) is 108 Å². The van der Waals surface area contributed by atoms with Gasteiger partial charge in [-0.25, -0.2) is 0 Å². The van der Waals surface area contributed by atoms with Gasteiger partial charge in [0.1, 0.15) is 0 Å².